The molecule has 2 N–H and O–H groups in total. The third-order valence-corrected chi connectivity index (χ3v) is 4.13. The number of methoxy groups -OCH3 is 1. The van der Waals surface area contributed by atoms with E-state index in [4.69, 9.17) is 21.7 Å². The molecule has 0 bridgehead atoms. The number of amides is 1. The van der Waals surface area contributed by atoms with E-state index in [1.165, 1.54) is 0 Å². The van der Waals surface area contributed by atoms with E-state index in [9.17, 15) is 4.79 Å². The lowest BCUT2D eigenvalue weighted by Gasteiger charge is -2.13. The van der Waals surface area contributed by atoms with Gasteiger partial charge in [0.15, 0.2) is 5.11 Å². The standard InChI is InChI=1S/C22H20N2O3S/c1-26-20-13-6-5-12-19(20)23-22(28)24-21(25)17-10-7-11-18(14-17)27-15-16-8-3-2-4-9-16/h2-14H,15H2,1H3,(H2,23,24,25,28). The van der Waals surface area contributed by atoms with Gasteiger partial charge in [-0.25, -0.2) is 0 Å². The number of anilines is 1. The van der Waals surface area contributed by atoms with Crippen LogP contribution in [0.25, 0.3) is 0 Å². The van der Waals surface area contributed by atoms with Gasteiger partial charge in [-0.05, 0) is 48.1 Å². The smallest absolute Gasteiger partial charge is 0.257 e. The molecule has 0 aliphatic rings. The van der Waals surface area contributed by atoms with Crippen molar-refractivity contribution in [2.24, 2.45) is 0 Å². The van der Waals surface area contributed by atoms with E-state index in [1.807, 2.05) is 54.6 Å². The molecule has 28 heavy (non-hydrogen) atoms. The average Bonchev–Trinajstić information content (AvgIpc) is 2.73. The quantitative estimate of drug-likeness (QED) is 0.609. The lowest BCUT2D eigenvalue weighted by atomic mass is 10.2. The van der Waals surface area contributed by atoms with Crippen molar-refractivity contribution in [1.82, 2.24) is 5.32 Å². The summed E-state index contributed by atoms with van der Waals surface area (Å²) in [6.07, 6.45) is 0. The molecule has 5 nitrogen and oxygen atoms in total. The van der Waals surface area contributed by atoms with Crippen LogP contribution in [0.4, 0.5) is 5.69 Å². The number of benzene rings is 3. The highest BCUT2D eigenvalue weighted by Gasteiger charge is 2.10. The predicted molar refractivity (Wildman–Crippen MR) is 114 cm³/mol. The van der Waals surface area contributed by atoms with Gasteiger partial charge in [-0.15, -0.1) is 0 Å². The first-order valence-corrected chi connectivity index (χ1v) is 9.08. The van der Waals surface area contributed by atoms with E-state index >= 15 is 0 Å². The first-order chi connectivity index (χ1) is 13.7. The van der Waals surface area contributed by atoms with Crippen molar-refractivity contribution in [1.29, 1.82) is 0 Å². The highest BCUT2D eigenvalue weighted by atomic mass is 32.1. The van der Waals surface area contributed by atoms with Gasteiger partial charge >= 0.3 is 0 Å². The van der Waals surface area contributed by atoms with Crippen LogP contribution in [0, 0.1) is 0 Å². The first kappa shape index (κ1) is 19.4. The molecule has 3 rings (SSSR count). The molecule has 6 heteroatoms. The van der Waals surface area contributed by atoms with Crippen LogP contribution in [-0.2, 0) is 6.61 Å². The Labute approximate surface area is 169 Å². The molecule has 0 radical (unpaired) electrons. The van der Waals surface area contributed by atoms with Crippen LogP contribution in [-0.4, -0.2) is 18.1 Å². The van der Waals surface area contributed by atoms with Crippen LogP contribution in [0.2, 0.25) is 0 Å². The molecule has 0 aliphatic carbocycles. The maximum atomic E-state index is 12.5. The maximum absolute atomic E-state index is 12.5. The van der Waals surface area contributed by atoms with Crippen molar-refractivity contribution >= 4 is 28.9 Å². The summed E-state index contributed by atoms with van der Waals surface area (Å²) in [5.41, 5.74) is 2.18. The van der Waals surface area contributed by atoms with Crippen molar-refractivity contribution in [2.75, 3.05) is 12.4 Å². The molecule has 0 spiro atoms. The van der Waals surface area contributed by atoms with Gasteiger partial charge in [0.05, 0.1) is 12.8 Å². The third kappa shape index (κ3) is 5.31. The lowest BCUT2D eigenvalue weighted by Crippen LogP contribution is -2.34. The molecule has 142 valence electrons. The number of hydrogen-bond donors (Lipinski definition) is 2. The summed E-state index contributed by atoms with van der Waals surface area (Å²) < 4.78 is 11.0. The summed E-state index contributed by atoms with van der Waals surface area (Å²) in [6.45, 7) is 0.430. The fourth-order valence-electron chi connectivity index (χ4n) is 2.54. The Morgan fingerprint density at radius 2 is 1.71 bits per heavy atom. The SMILES string of the molecule is COc1ccccc1NC(=S)NC(=O)c1cccc(OCc2ccccc2)c1. The van der Waals surface area contributed by atoms with Crippen LogP contribution in [0.3, 0.4) is 0 Å². The van der Waals surface area contributed by atoms with Crippen LogP contribution in [0.1, 0.15) is 15.9 Å². The summed E-state index contributed by atoms with van der Waals surface area (Å²) in [7, 11) is 1.57. The van der Waals surface area contributed by atoms with Crippen LogP contribution >= 0.6 is 12.2 Å². The summed E-state index contributed by atoms with van der Waals surface area (Å²) in [6, 6.07) is 24.1. The van der Waals surface area contributed by atoms with Gasteiger partial charge in [0.1, 0.15) is 18.1 Å². The minimum Gasteiger partial charge on any atom is -0.495 e. The van der Waals surface area contributed by atoms with Crippen molar-refractivity contribution in [2.45, 2.75) is 6.61 Å². The molecule has 0 heterocycles. The van der Waals surface area contributed by atoms with E-state index < -0.39 is 0 Å². The number of ether oxygens (including phenoxy) is 2. The van der Waals surface area contributed by atoms with Crippen molar-refractivity contribution in [3.63, 3.8) is 0 Å². The summed E-state index contributed by atoms with van der Waals surface area (Å²) in [5, 5.41) is 5.82. The Balaban J connectivity index is 1.60. The summed E-state index contributed by atoms with van der Waals surface area (Å²) in [5.74, 6) is 0.924. The molecule has 0 atom stereocenters. The molecule has 1 amide bonds. The van der Waals surface area contributed by atoms with Gasteiger partial charge in [-0.1, -0.05) is 48.5 Å². The fourth-order valence-corrected chi connectivity index (χ4v) is 2.75. The van der Waals surface area contributed by atoms with Crippen LogP contribution in [0.15, 0.2) is 78.9 Å². The third-order valence-electron chi connectivity index (χ3n) is 3.93. The number of hydrogen-bond acceptors (Lipinski definition) is 4. The van der Waals surface area contributed by atoms with Crippen LogP contribution in [0.5, 0.6) is 11.5 Å². The Morgan fingerprint density at radius 1 is 0.964 bits per heavy atom. The molecular weight excluding hydrogens is 372 g/mol. The normalized spacial score (nSPS) is 10.0. The molecule has 3 aromatic carbocycles. The van der Waals surface area contributed by atoms with Crippen molar-refractivity contribution in [3.05, 3.63) is 90.0 Å². The number of carbonyl (C=O) groups excluding carboxylic acids is 1. The van der Waals surface area contributed by atoms with E-state index in [2.05, 4.69) is 10.6 Å². The minimum absolute atomic E-state index is 0.185. The number of carbonyl (C=O) groups is 1. The minimum atomic E-state index is -0.322. The molecule has 0 aliphatic heterocycles. The Morgan fingerprint density at radius 3 is 2.50 bits per heavy atom. The summed E-state index contributed by atoms with van der Waals surface area (Å²) >= 11 is 5.24. The largest absolute Gasteiger partial charge is 0.495 e. The first-order valence-electron chi connectivity index (χ1n) is 8.68. The molecule has 0 aromatic heterocycles. The molecule has 3 aromatic rings. The molecular formula is C22H20N2O3S. The second-order valence-electron chi connectivity index (χ2n) is 5.91. The lowest BCUT2D eigenvalue weighted by molar-refractivity contribution is 0.0977. The van der Waals surface area contributed by atoms with E-state index in [0.717, 1.165) is 5.56 Å². The van der Waals surface area contributed by atoms with Crippen LogP contribution < -0.4 is 20.1 Å². The second kappa shape index (κ2) is 9.53. The van der Waals surface area contributed by atoms with Gasteiger partial charge in [0, 0.05) is 5.56 Å². The van der Waals surface area contributed by atoms with E-state index in [-0.39, 0.29) is 11.0 Å². The second-order valence-corrected chi connectivity index (χ2v) is 6.32. The van der Waals surface area contributed by atoms with Gasteiger partial charge < -0.3 is 14.8 Å². The number of nitrogens with one attached hydrogen (secondary N) is 2. The Bertz CT molecular complexity index is 961. The Kier molecular flexibility index (Phi) is 6.59. The number of thiocarbonyl (C=S) groups is 1. The monoisotopic (exact) mass is 392 g/mol. The van der Waals surface area contributed by atoms with Gasteiger partial charge in [0.25, 0.3) is 5.91 Å². The summed E-state index contributed by atoms with van der Waals surface area (Å²) in [4.78, 5) is 12.5. The predicted octanol–water partition coefficient (Wildman–Crippen LogP) is 4.40. The van der Waals surface area contributed by atoms with Crippen molar-refractivity contribution < 1.29 is 14.3 Å². The van der Waals surface area contributed by atoms with Gasteiger partial charge in [-0.2, -0.15) is 0 Å². The van der Waals surface area contributed by atoms with Gasteiger partial charge in [-0.3, -0.25) is 10.1 Å². The highest BCUT2D eigenvalue weighted by molar-refractivity contribution is 7.80. The zero-order valence-electron chi connectivity index (χ0n) is 15.3. The molecule has 0 fully saturated rings. The highest BCUT2D eigenvalue weighted by Crippen LogP contribution is 2.23. The average molecular weight is 392 g/mol. The van der Waals surface area contributed by atoms with Crippen molar-refractivity contribution in [3.8, 4) is 11.5 Å². The number of rotatable bonds is 6. The molecule has 0 saturated heterocycles. The van der Waals surface area contributed by atoms with E-state index in [1.54, 1.807) is 31.4 Å². The molecule has 0 unspecified atom stereocenters. The zero-order chi connectivity index (χ0) is 19.8. The Hall–Kier alpha value is -3.38. The maximum Gasteiger partial charge on any atom is 0.257 e. The topological polar surface area (TPSA) is 59.6 Å². The fraction of sp³-hybridized carbons (Fsp3) is 0.0909. The molecule has 0 saturated carbocycles. The zero-order valence-corrected chi connectivity index (χ0v) is 16.2. The van der Waals surface area contributed by atoms with E-state index in [0.29, 0.717) is 29.4 Å². The number of para-hydroxylation sites is 2. The van der Waals surface area contributed by atoms with Gasteiger partial charge in [0.2, 0.25) is 0 Å².